The van der Waals surface area contributed by atoms with Crippen molar-refractivity contribution in [3.8, 4) is 0 Å². The van der Waals surface area contributed by atoms with E-state index < -0.39 is 5.69 Å². The third kappa shape index (κ3) is 3.05. The minimum Gasteiger partial charge on any atom is -0.327 e. The van der Waals surface area contributed by atoms with Crippen molar-refractivity contribution in [3.05, 3.63) is 57.9 Å². The fourth-order valence-electron chi connectivity index (χ4n) is 2.73. The maximum absolute atomic E-state index is 12.5. The highest BCUT2D eigenvalue weighted by molar-refractivity contribution is 5.87. The van der Waals surface area contributed by atoms with Crippen molar-refractivity contribution in [1.82, 2.24) is 24.0 Å². The fourth-order valence-corrected chi connectivity index (χ4v) is 2.73. The lowest BCUT2D eigenvalue weighted by molar-refractivity contribution is 0.212. The number of benzene rings is 1. The molecule has 3 rings (SSSR count). The summed E-state index contributed by atoms with van der Waals surface area (Å²) in [6, 6.07) is 7.75. The first-order chi connectivity index (χ1) is 11.9. The second kappa shape index (κ2) is 6.51. The number of fused-ring (bicyclic) bond motifs is 1. The molecular weight excluding hydrogens is 318 g/mol. The average molecular weight is 339 g/mol. The van der Waals surface area contributed by atoms with Gasteiger partial charge in [0.1, 0.15) is 11.3 Å². The Bertz CT molecular complexity index is 1000. The fraction of sp³-hybridized carbons (Fsp3) is 0.333. The number of nitrogens with zero attached hydrogens (tertiary/aromatic N) is 5. The van der Waals surface area contributed by atoms with Gasteiger partial charge in [0.25, 0.3) is 0 Å². The summed E-state index contributed by atoms with van der Waals surface area (Å²) in [6.07, 6.45) is 2.12. The van der Waals surface area contributed by atoms with Crippen LogP contribution in [0.1, 0.15) is 23.9 Å². The molecule has 130 valence electrons. The van der Waals surface area contributed by atoms with Crippen LogP contribution in [0.2, 0.25) is 0 Å². The third-order valence-corrected chi connectivity index (χ3v) is 4.27. The SMILES string of the molecule is CCN(C)C(=O)n1c(=O)n(C)c2nc(Cc3cccc(C)c3)ncc21. The molecule has 0 fully saturated rings. The third-order valence-electron chi connectivity index (χ3n) is 4.27. The van der Waals surface area contributed by atoms with Crippen molar-refractivity contribution in [2.45, 2.75) is 20.3 Å². The first kappa shape index (κ1) is 16.9. The summed E-state index contributed by atoms with van der Waals surface area (Å²) in [7, 11) is 3.27. The first-order valence-corrected chi connectivity index (χ1v) is 8.16. The van der Waals surface area contributed by atoms with Gasteiger partial charge in [0, 0.05) is 27.1 Å². The quantitative estimate of drug-likeness (QED) is 0.731. The van der Waals surface area contributed by atoms with Crippen molar-refractivity contribution >= 4 is 17.2 Å². The van der Waals surface area contributed by atoms with Crippen molar-refractivity contribution in [3.63, 3.8) is 0 Å². The largest absolute Gasteiger partial charge is 0.338 e. The zero-order valence-corrected chi connectivity index (χ0v) is 14.9. The molecular formula is C18H21N5O2. The smallest absolute Gasteiger partial charge is 0.327 e. The van der Waals surface area contributed by atoms with E-state index >= 15 is 0 Å². The molecule has 2 heterocycles. The monoisotopic (exact) mass is 339 g/mol. The zero-order chi connectivity index (χ0) is 18.1. The number of carbonyl (C=O) groups excluding carboxylic acids is 1. The number of imidazole rings is 1. The van der Waals surface area contributed by atoms with Crippen LogP contribution in [0.5, 0.6) is 0 Å². The Hall–Kier alpha value is -2.96. The summed E-state index contributed by atoms with van der Waals surface area (Å²) >= 11 is 0. The van der Waals surface area contributed by atoms with Crippen LogP contribution in [-0.4, -0.2) is 43.6 Å². The normalized spacial score (nSPS) is 11.0. The standard InChI is InChI=1S/C18H21N5O2/c1-5-21(3)17(24)23-14-11-19-15(20-16(14)22(4)18(23)25)10-13-8-6-7-12(2)9-13/h6-9,11H,5,10H2,1-4H3. The molecule has 0 radical (unpaired) electrons. The lowest BCUT2D eigenvalue weighted by Gasteiger charge is -2.14. The molecule has 1 aromatic carbocycles. The van der Waals surface area contributed by atoms with Crippen LogP contribution in [0.3, 0.4) is 0 Å². The predicted molar refractivity (Wildman–Crippen MR) is 95.9 cm³/mol. The van der Waals surface area contributed by atoms with Crippen LogP contribution in [0, 0.1) is 6.92 Å². The highest BCUT2D eigenvalue weighted by atomic mass is 16.2. The highest BCUT2D eigenvalue weighted by Gasteiger charge is 2.20. The molecule has 3 aromatic rings. The van der Waals surface area contributed by atoms with Crippen LogP contribution < -0.4 is 5.69 Å². The maximum Gasteiger partial charge on any atom is 0.338 e. The Morgan fingerprint density at radius 3 is 2.76 bits per heavy atom. The van der Waals surface area contributed by atoms with Gasteiger partial charge in [0.05, 0.1) is 6.20 Å². The van der Waals surface area contributed by atoms with Gasteiger partial charge in [0.15, 0.2) is 5.65 Å². The van der Waals surface area contributed by atoms with E-state index in [2.05, 4.69) is 16.0 Å². The number of aryl methyl sites for hydroxylation is 2. The number of rotatable bonds is 3. The average Bonchev–Trinajstić information content (AvgIpc) is 2.84. The Morgan fingerprint density at radius 2 is 2.08 bits per heavy atom. The Kier molecular flexibility index (Phi) is 4.39. The molecule has 7 nitrogen and oxygen atoms in total. The van der Waals surface area contributed by atoms with Crippen molar-refractivity contribution in [2.75, 3.05) is 13.6 Å². The molecule has 0 saturated carbocycles. The number of carbonyl (C=O) groups is 1. The summed E-state index contributed by atoms with van der Waals surface area (Å²) in [4.78, 5) is 35.3. The van der Waals surface area contributed by atoms with Crippen molar-refractivity contribution < 1.29 is 4.79 Å². The van der Waals surface area contributed by atoms with Gasteiger partial charge in [-0.15, -0.1) is 0 Å². The summed E-state index contributed by atoms with van der Waals surface area (Å²) in [6.45, 7) is 4.39. The minimum atomic E-state index is -0.415. The van der Waals surface area contributed by atoms with E-state index in [4.69, 9.17) is 0 Å². The zero-order valence-electron chi connectivity index (χ0n) is 14.9. The molecule has 2 aromatic heterocycles. The molecule has 0 aliphatic heterocycles. The van der Waals surface area contributed by atoms with Gasteiger partial charge < -0.3 is 4.90 Å². The lowest BCUT2D eigenvalue weighted by Crippen LogP contribution is -2.37. The van der Waals surface area contributed by atoms with Gasteiger partial charge in [-0.2, -0.15) is 0 Å². The van der Waals surface area contributed by atoms with Gasteiger partial charge in [-0.25, -0.2) is 24.1 Å². The highest BCUT2D eigenvalue weighted by Crippen LogP contribution is 2.13. The number of hydrogen-bond acceptors (Lipinski definition) is 4. The number of hydrogen-bond donors (Lipinski definition) is 0. The minimum absolute atomic E-state index is 0.381. The molecule has 0 saturated heterocycles. The number of aromatic nitrogens is 4. The Balaban J connectivity index is 2.06. The Labute approximate surface area is 145 Å². The molecule has 0 N–H and O–H groups in total. The van der Waals surface area contributed by atoms with E-state index in [0.29, 0.717) is 30.0 Å². The van der Waals surface area contributed by atoms with Crippen LogP contribution in [0.25, 0.3) is 11.2 Å². The summed E-state index contributed by atoms with van der Waals surface area (Å²) in [5.74, 6) is 0.613. The summed E-state index contributed by atoms with van der Waals surface area (Å²) < 4.78 is 2.51. The van der Waals surface area contributed by atoms with Gasteiger partial charge in [0.2, 0.25) is 0 Å². The molecule has 0 atom stereocenters. The van der Waals surface area contributed by atoms with Crippen molar-refractivity contribution in [1.29, 1.82) is 0 Å². The Morgan fingerprint density at radius 1 is 1.32 bits per heavy atom. The predicted octanol–water partition coefficient (Wildman–Crippen LogP) is 1.95. The molecule has 7 heteroatoms. The topological polar surface area (TPSA) is 73.0 Å². The van der Waals surface area contributed by atoms with Crippen LogP contribution in [0.4, 0.5) is 4.79 Å². The van der Waals surface area contributed by atoms with Crippen LogP contribution >= 0.6 is 0 Å². The van der Waals surface area contributed by atoms with Crippen LogP contribution in [0.15, 0.2) is 35.3 Å². The van der Waals surface area contributed by atoms with Crippen LogP contribution in [-0.2, 0) is 13.5 Å². The molecule has 25 heavy (non-hydrogen) atoms. The molecule has 1 amide bonds. The van der Waals surface area contributed by atoms with Gasteiger partial charge in [-0.05, 0) is 19.4 Å². The van der Waals surface area contributed by atoms with Gasteiger partial charge in [-0.1, -0.05) is 29.8 Å². The van der Waals surface area contributed by atoms with E-state index in [1.54, 1.807) is 20.3 Å². The molecule has 0 unspecified atom stereocenters. The van der Waals surface area contributed by atoms with E-state index in [1.807, 2.05) is 32.0 Å². The van der Waals surface area contributed by atoms with E-state index in [0.717, 1.165) is 10.1 Å². The summed E-state index contributed by atoms with van der Waals surface area (Å²) in [5, 5.41) is 0. The van der Waals surface area contributed by atoms with E-state index in [1.165, 1.54) is 15.0 Å². The molecule has 0 bridgehead atoms. The van der Waals surface area contributed by atoms with Crippen molar-refractivity contribution in [2.24, 2.45) is 7.05 Å². The maximum atomic E-state index is 12.5. The van der Waals surface area contributed by atoms with E-state index in [9.17, 15) is 9.59 Å². The second-order valence-electron chi connectivity index (χ2n) is 6.13. The molecule has 0 aliphatic rings. The van der Waals surface area contributed by atoms with Gasteiger partial charge in [-0.3, -0.25) is 4.57 Å². The summed E-state index contributed by atoms with van der Waals surface area (Å²) in [5.41, 5.74) is 2.74. The first-order valence-electron chi connectivity index (χ1n) is 8.16. The van der Waals surface area contributed by atoms with E-state index in [-0.39, 0.29) is 6.03 Å². The lowest BCUT2D eigenvalue weighted by atomic mass is 10.1. The molecule has 0 spiro atoms. The molecule has 0 aliphatic carbocycles. The second-order valence-corrected chi connectivity index (χ2v) is 6.13. The number of amides is 1. The van der Waals surface area contributed by atoms with Gasteiger partial charge >= 0.3 is 11.7 Å².